The van der Waals surface area contributed by atoms with Crippen LogP contribution < -0.4 is 4.74 Å². The lowest BCUT2D eigenvalue weighted by Crippen LogP contribution is -2.28. The summed E-state index contributed by atoms with van der Waals surface area (Å²) in [4.78, 5) is 19.3. The number of hydrogen-bond acceptors (Lipinski definition) is 5. The molecule has 0 radical (unpaired) electrons. The number of carbonyl (C=O) groups excluding carboxylic acids is 1. The summed E-state index contributed by atoms with van der Waals surface area (Å²) in [5, 5.41) is 11.2. The van der Waals surface area contributed by atoms with Gasteiger partial charge in [-0.15, -0.1) is 0 Å². The third kappa shape index (κ3) is 4.46. The monoisotopic (exact) mass is 436 g/mol. The van der Waals surface area contributed by atoms with Crippen LogP contribution >= 0.6 is 35.0 Å². The van der Waals surface area contributed by atoms with Crippen molar-refractivity contribution in [2.45, 2.75) is 13.8 Å². The van der Waals surface area contributed by atoms with E-state index in [-0.39, 0.29) is 16.7 Å². The minimum atomic E-state index is -0.187. The summed E-state index contributed by atoms with van der Waals surface area (Å²) in [7, 11) is 0. The molecule has 146 valence electrons. The number of amides is 1. The molecule has 0 aliphatic carbocycles. The largest absolute Gasteiger partial charge is 0.506 e. The van der Waals surface area contributed by atoms with Crippen LogP contribution in [-0.2, 0) is 4.79 Å². The minimum absolute atomic E-state index is 0.119. The molecule has 8 heteroatoms. The van der Waals surface area contributed by atoms with E-state index in [0.29, 0.717) is 39.5 Å². The highest BCUT2D eigenvalue weighted by Gasteiger charge is 2.32. The van der Waals surface area contributed by atoms with Crippen molar-refractivity contribution < 1.29 is 14.6 Å². The maximum atomic E-state index is 12.8. The van der Waals surface area contributed by atoms with E-state index in [4.69, 9.17) is 27.9 Å². The zero-order valence-corrected chi connectivity index (χ0v) is 17.6. The van der Waals surface area contributed by atoms with Crippen LogP contribution in [0.1, 0.15) is 19.4 Å². The normalized spacial score (nSPS) is 17.0. The van der Waals surface area contributed by atoms with Gasteiger partial charge in [0.15, 0.2) is 5.17 Å². The van der Waals surface area contributed by atoms with Gasteiger partial charge < -0.3 is 9.84 Å². The van der Waals surface area contributed by atoms with Gasteiger partial charge in [-0.3, -0.25) is 9.69 Å². The highest BCUT2D eigenvalue weighted by Crippen LogP contribution is 2.38. The molecule has 0 unspecified atom stereocenters. The lowest BCUT2D eigenvalue weighted by atomic mass is 10.2. The Morgan fingerprint density at radius 1 is 1.21 bits per heavy atom. The van der Waals surface area contributed by atoms with E-state index in [2.05, 4.69) is 4.99 Å². The number of halogens is 2. The van der Waals surface area contributed by atoms with E-state index >= 15 is 0 Å². The predicted molar refractivity (Wildman–Crippen MR) is 116 cm³/mol. The number of benzene rings is 2. The van der Waals surface area contributed by atoms with Crippen LogP contribution in [0.5, 0.6) is 11.5 Å². The second kappa shape index (κ2) is 8.90. The highest BCUT2D eigenvalue weighted by atomic mass is 35.5. The van der Waals surface area contributed by atoms with Crippen LogP contribution in [0.4, 0.5) is 5.69 Å². The Bertz CT molecular complexity index is 959. The number of ether oxygens (including phenoxy) is 1. The van der Waals surface area contributed by atoms with Gasteiger partial charge in [0.25, 0.3) is 5.91 Å². The Labute approximate surface area is 177 Å². The number of amidine groups is 1. The average Bonchev–Trinajstić information content (AvgIpc) is 2.95. The molecule has 0 bridgehead atoms. The van der Waals surface area contributed by atoms with Gasteiger partial charge in [0, 0.05) is 17.1 Å². The Morgan fingerprint density at radius 3 is 2.57 bits per heavy atom. The molecule has 1 aliphatic heterocycles. The Kier molecular flexibility index (Phi) is 6.54. The minimum Gasteiger partial charge on any atom is -0.506 e. The molecule has 1 fully saturated rings. The second-order valence-corrected chi connectivity index (χ2v) is 7.66. The summed E-state index contributed by atoms with van der Waals surface area (Å²) in [6.07, 6.45) is 1.57. The van der Waals surface area contributed by atoms with Gasteiger partial charge in [-0.05, 0) is 68.1 Å². The van der Waals surface area contributed by atoms with E-state index in [1.165, 1.54) is 17.8 Å². The molecule has 0 atom stereocenters. The van der Waals surface area contributed by atoms with Crippen LogP contribution in [0.2, 0.25) is 10.0 Å². The molecule has 1 N–H and O–H groups in total. The lowest BCUT2D eigenvalue weighted by Gasteiger charge is -2.12. The van der Waals surface area contributed by atoms with Gasteiger partial charge in [-0.25, -0.2) is 4.99 Å². The zero-order chi connectivity index (χ0) is 20.3. The van der Waals surface area contributed by atoms with Crippen LogP contribution in [0, 0.1) is 0 Å². The maximum absolute atomic E-state index is 12.8. The van der Waals surface area contributed by atoms with E-state index in [1.807, 2.05) is 38.1 Å². The first-order chi connectivity index (χ1) is 13.4. The Morgan fingerprint density at radius 2 is 1.93 bits per heavy atom. The molecule has 0 saturated carbocycles. The number of carbonyl (C=O) groups is 1. The summed E-state index contributed by atoms with van der Waals surface area (Å²) in [5.74, 6) is 0.461. The van der Waals surface area contributed by atoms with E-state index in [1.54, 1.807) is 17.0 Å². The molecule has 1 heterocycles. The molecule has 1 saturated heterocycles. The standard InChI is InChI=1S/C20H18Cl2N2O3S/c1-3-24-19(26)17(10-12-9-13(21)11-16(22)18(12)25)28-20(24)23-14-5-7-15(8-6-14)27-4-2/h5-11,25H,3-4H2,1-2H3/b17-10-,23-20?. The zero-order valence-electron chi connectivity index (χ0n) is 15.3. The molecule has 5 nitrogen and oxygen atoms in total. The van der Waals surface area contributed by atoms with Crippen molar-refractivity contribution >= 4 is 57.8 Å². The molecule has 1 amide bonds. The fraction of sp³-hybridized carbons (Fsp3) is 0.200. The number of phenolic OH excluding ortho intramolecular Hbond substituents is 1. The number of phenols is 1. The van der Waals surface area contributed by atoms with Gasteiger partial charge >= 0.3 is 0 Å². The summed E-state index contributed by atoms with van der Waals surface area (Å²) in [6, 6.07) is 10.3. The molecule has 2 aromatic carbocycles. The molecule has 0 spiro atoms. The van der Waals surface area contributed by atoms with Crippen molar-refractivity contribution in [2.75, 3.05) is 13.2 Å². The summed E-state index contributed by atoms with van der Waals surface area (Å²) in [6.45, 7) is 4.87. The Balaban J connectivity index is 1.92. The van der Waals surface area contributed by atoms with E-state index < -0.39 is 0 Å². The quantitative estimate of drug-likeness (QED) is 0.608. The topological polar surface area (TPSA) is 62.1 Å². The number of aromatic hydroxyl groups is 1. The predicted octanol–water partition coefficient (Wildman–Crippen LogP) is 5.72. The number of nitrogens with zero attached hydrogens (tertiary/aromatic N) is 2. The van der Waals surface area contributed by atoms with Gasteiger partial charge in [0.05, 0.1) is 22.2 Å². The van der Waals surface area contributed by atoms with E-state index in [9.17, 15) is 9.90 Å². The summed E-state index contributed by atoms with van der Waals surface area (Å²) in [5.41, 5.74) is 1.10. The first-order valence-electron chi connectivity index (χ1n) is 8.64. The average molecular weight is 437 g/mol. The first kappa shape index (κ1) is 20.6. The van der Waals surface area contributed by atoms with Crippen molar-refractivity contribution in [1.29, 1.82) is 0 Å². The lowest BCUT2D eigenvalue weighted by molar-refractivity contribution is -0.122. The molecular formula is C20H18Cl2N2O3S. The van der Waals surface area contributed by atoms with Gasteiger partial charge in [-0.2, -0.15) is 0 Å². The summed E-state index contributed by atoms with van der Waals surface area (Å²) < 4.78 is 5.43. The van der Waals surface area contributed by atoms with Crippen LogP contribution in [-0.4, -0.2) is 34.2 Å². The maximum Gasteiger partial charge on any atom is 0.266 e. The van der Waals surface area contributed by atoms with Gasteiger partial charge in [0.2, 0.25) is 0 Å². The van der Waals surface area contributed by atoms with Crippen molar-refractivity contribution in [3.63, 3.8) is 0 Å². The van der Waals surface area contributed by atoms with Gasteiger partial charge in [-0.1, -0.05) is 23.2 Å². The van der Waals surface area contributed by atoms with Crippen molar-refractivity contribution in [3.8, 4) is 11.5 Å². The van der Waals surface area contributed by atoms with Gasteiger partial charge in [0.1, 0.15) is 11.5 Å². The molecule has 3 rings (SSSR count). The number of hydrogen-bond donors (Lipinski definition) is 1. The van der Waals surface area contributed by atoms with Crippen molar-refractivity contribution in [3.05, 3.63) is 56.9 Å². The Hall–Kier alpha value is -2.15. The SMILES string of the molecule is CCOc1ccc(N=C2S/C(=C\c3cc(Cl)cc(Cl)c3O)C(=O)N2CC)cc1. The molecule has 0 aromatic heterocycles. The van der Waals surface area contributed by atoms with Crippen LogP contribution in [0.15, 0.2) is 46.3 Å². The third-order valence-electron chi connectivity index (χ3n) is 3.92. The number of aliphatic imine (C=N–C) groups is 1. The molecule has 2 aromatic rings. The fourth-order valence-corrected chi connectivity index (χ4v) is 4.16. The van der Waals surface area contributed by atoms with Crippen LogP contribution in [0.3, 0.4) is 0 Å². The first-order valence-corrected chi connectivity index (χ1v) is 10.2. The smallest absolute Gasteiger partial charge is 0.266 e. The number of likely N-dealkylation sites (N-methyl/N-ethyl adjacent to an activating group) is 1. The second-order valence-electron chi connectivity index (χ2n) is 5.81. The molecular weight excluding hydrogens is 419 g/mol. The highest BCUT2D eigenvalue weighted by molar-refractivity contribution is 8.18. The van der Waals surface area contributed by atoms with E-state index in [0.717, 1.165) is 5.75 Å². The third-order valence-corrected chi connectivity index (χ3v) is 5.43. The number of thioether (sulfide) groups is 1. The van der Waals surface area contributed by atoms with Crippen LogP contribution in [0.25, 0.3) is 6.08 Å². The number of rotatable bonds is 5. The molecule has 1 aliphatic rings. The van der Waals surface area contributed by atoms with Crippen molar-refractivity contribution in [1.82, 2.24) is 4.90 Å². The molecule has 28 heavy (non-hydrogen) atoms. The summed E-state index contributed by atoms with van der Waals surface area (Å²) >= 11 is 13.2. The fourth-order valence-electron chi connectivity index (χ4n) is 2.60. The van der Waals surface area contributed by atoms with Crippen molar-refractivity contribution in [2.24, 2.45) is 4.99 Å².